The second-order valence-electron chi connectivity index (χ2n) is 3.72. The third-order valence-electron chi connectivity index (χ3n) is 1.80. The Balaban J connectivity index is -0.000000266. The predicted octanol–water partition coefficient (Wildman–Crippen LogP) is 3.06. The fourth-order valence-corrected chi connectivity index (χ4v) is 0.699. The second-order valence-corrected chi connectivity index (χ2v) is 3.72. The summed E-state index contributed by atoms with van der Waals surface area (Å²) in [6.45, 7) is 7.44. The summed E-state index contributed by atoms with van der Waals surface area (Å²) < 4.78 is 12.4. The van der Waals surface area contributed by atoms with E-state index in [1.807, 2.05) is 6.92 Å². The van der Waals surface area contributed by atoms with Gasteiger partial charge in [-0.1, -0.05) is 27.2 Å². The maximum Gasteiger partial charge on any atom is 0.505 e. The van der Waals surface area contributed by atoms with Crippen LogP contribution in [0.4, 0.5) is 9.59 Å². The van der Waals surface area contributed by atoms with E-state index in [9.17, 15) is 19.2 Å². The number of rotatable bonds is 6. The Morgan fingerprint density at radius 2 is 1.22 bits per heavy atom. The molecule has 0 saturated carbocycles. The van der Waals surface area contributed by atoms with E-state index in [0.29, 0.717) is 6.61 Å². The molecule has 0 amide bonds. The molecular formula is C14H26O9. The zero-order chi connectivity index (χ0) is 18.7. The molecule has 0 spiro atoms. The molecule has 0 bridgehead atoms. The van der Waals surface area contributed by atoms with E-state index in [1.165, 1.54) is 0 Å². The van der Waals surface area contributed by atoms with Crippen molar-refractivity contribution in [1.29, 1.82) is 0 Å². The monoisotopic (exact) mass is 338 g/mol. The normalized spacial score (nSPS) is 8.35. The van der Waals surface area contributed by atoms with Gasteiger partial charge in [0.25, 0.3) is 0 Å². The van der Waals surface area contributed by atoms with Gasteiger partial charge >= 0.3 is 24.2 Å². The van der Waals surface area contributed by atoms with Crippen molar-refractivity contribution >= 4 is 24.2 Å². The van der Waals surface area contributed by atoms with Gasteiger partial charge in [-0.15, -0.1) is 0 Å². The number of carbonyl (C=O) groups is 4. The van der Waals surface area contributed by atoms with Crippen LogP contribution in [0.15, 0.2) is 0 Å². The maximum absolute atomic E-state index is 10.3. The van der Waals surface area contributed by atoms with E-state index in [1.54, 1.807) is 20.8 Å². The molecule has 9 nitrogen and oxygen atoms in total. The number of carbonyl (C=O) groups excluding carboxylic acids is 2. The quantitative estimate of drug-likeness (QED) is 0.324. The number of unbranched alkanes of at least 4 members (excludes halogenated alkanes) is 1. The van der Waals surface area contributed by atoms with Crippen molar-refractivity contribution in [2.75, 3.05) is 13.2 Å². The average molecular weight is 338 g/mol. The lowest BCUT2D eigenvalue weighted by atomic mass is 10.4. The number of hydrogen-bond donors (Lipinski definition) is 2. The van der Waals surface area contributed by atoms with Gasteiger partial charge in [-0.2, -0.15) is 0 Å². The summed E-state index contributed by atoms with van der Waals surface area (Å²) in [5, 5.41) is 15.6. The van der Waals surface area contributed by atoms with E-state index in [2.05, 4.69) is 14.2 Å². The van der Waals surface area contributed by atoms with Crippen molar-refractivity contribution in [2.45, 2.75) is 53.4 Å². The van der Waals surface area contributed by atoms with E-state index >= 15 is 0 Å². The molecule has 0 aromatic heterocycles. The van der Waals surface area contributed by atoms with E-state index in [0.717, 1.165) is 12.8 Å². The fourth-order valence-electron chi connectivity index (χ4n) is 0.699. The van der Waals surface area contributed by atoms with Crippen LogP contribution >= 0.6 is 0 Å². The number of carboxylic acid groups (broad SMARTS) is 2. The van der Waals surface area contributed by atoms with Gasteiger partial charge < -0.3 is 24.4 Å². The fraction of sp³-hybridized carbons (Fsp3) is 0.714. The van der Waals surface area contributed by atoms with Gasteiger partial charge in [0, 0.05) is 12.8 Å². The minimum atomic E-state index is -1.21. The molecule has 0 radical (unpaired) electrons. The molecule has 0 rings (SSSR count). The van der Waals surface area contributed by atoms with E-state index < -0.39 is 24.2 Å². The first-order valence-electron chi connectivity index (χ1n) is 7.19. The summed E-state index contributed by atoms with van der Waals surface area (Å²) in [7, 11) is 0. The Morgan fingerprint density at radius 1 is 0.783 bits per heavy atom. The van der Waals surface area contributed by atoms with Crippen LogP contribution in [0.5, 0.6) is 0 Å². The Hall–Kier alpha value is -2.32. The predicted molar refractivity (Wildman–Crippen MR) is 80.2 cm³/mol. The van der Waals surface area contributed by atoms with Gasteiger partial charge in [-0.3, -0.25) is 9.59 Å². The summed E-state index contributed by atoms with van der Waals surface area (Å²) in [4.78, 5) is 39.7. The summed E-state index contributed by atoms with van der Waals surface area (Å²) in [6.07, 6.45) is -0.104. The van der Waals surface area contributed by atoms with E-state index in [4.69, 9.17) is 10.2 Å². The first-order valence-corrected chi connectivity index (χ1v) is 7.19. The molecule has 9 heteroatoms. The third-order valence-corrected chi connectivity index (χ3v) is 1.80. The maximum atomic E-state index is 10.3. The molecule has 0 saturated heterocycles. The summed E-state index contributed by atoms with van der Waals surface area (Å²) in [5.41, 5.74) is 0. The smallest absolute Gasteiger partial charge is 0.450 e. The van der Waals surface area contributed by atoms with Gasteiger partial charge in [-0.05, 0) is 13.3 Å². The SMILES string of the molecule is CCC(=O)OC(=O)CC.CCCCOC(=O)O.CCOC(=O)O. The number of hydrogen-bond acceptors (Lipinski definition) is 7. The Kier molecular flexibility index (Phi) is 21.9. The molecular weight excluding hydrogens is 312 g/mol. The molecule has 2 N–H and O–H groups in total. The molecule has 136 valence electrons. The summed E-state index contributed by atoms with van der Waals surface area (Å²) >= 11 is 0. The van der Waals surface area contributed by atoms with Gasteiger partial charge in [-0.25, -0.2) is 9.59 Å². The molecule has 0 aliphatic rings. The molecule has 0 aliphatic heterocycles. The minimum Gasteiger partial charge on any atom is -0.450 e. The van der Waals surface area contributed by atoms with Gasteiger partial charge in [0.15, 0.2) is 0 Å². The van der Waals surface area contributed by atoms with Crippen LogP contribution in [-0.2, 0) is 23.8 Å². The first kappa shape index (κ1) is 25.6. The Bertz CT molecular complexity index is 325. The number of esters is 2. The van der Waals surface area contributed by atoms with Crippen molar-refractivity contribution < 1.29 is 43.6 Å². The van der Waals surface area contributed by atoms with Crippen molar-refractivity contribution in [3.05, 3.63) is 0 Å². The van der Waals surface area contributed by atoms with Crippen LogP contribution in [-0.4, -0.2) is 47.7 Å². The highest BCUT2D eigenvalue weighted by atomic mass is 16.7. The van der Waals surface area contributed by atoms with Crippen molar-refractivity contribution in [3.8, 4) is 0 Å². The van der Waals surface area contributed by atoms with Crippen LogP contribution < -0.4 is 0 Å². The zero-order valence-electron chi connectivity index (χ0n) is 14.0. The largest absolute Gasteiger partial charge is 0.505 e. The van der Waals surface area contributed by atoms with Gasteiger partial charge in [0.05, 0.1) is 13.2 Å². The average Bonchev–Trinajstić information content (AvgIpc) is 2.48. The molecule has 0 heterocycles. The highest BCUT2D eigenvalue weighted by Crippen LogP contribution is 1.88. The third kappa shape index (κ3) is 32.9. The lowest BCUT2D eigenvalue weighted by molar-refractivity contribution is -0.159. The van der Waals surface area contributed by atoms with Crippen LogP contribution in [0.3, 0.4) is 0 Å². The van der Waals surface area contributed by atoms with Crippen molar-refractivity contribution in [1.82, 2.24) is 0 Å². The lowest BCUT2D eigenvalue weighted by Gasteiger charge is -1.95. The summed E-state index contributed by atoms with van der Waals surface area (Å²) in [5.74, 6) is -0.913. The zero-order valence-corrected chi connectivity index (χ0v) is 14.0. The Labute approximate surface area is 135 Å². The summed E-state index contributed by atoms with van der Waals surface area (Å²) in [6, 6.07) is 0. The van der Waals surface area contributed by atoms with Crippen molar-refractivity contribution in [3.63, 3.8) is 0 Å². The molecule has 0 unspecified atom stereocenters. The van der Waals surface area contributed by atoms with Crippen LogP contribution in [0.1, 0.15) is 53.4 Å². The molecule has 0 fully saturated rings. The highest BCUT2D eigenvalue weighted by Gasteiger charge is 2.03. The topological polar surface area (TPSA) is 136 Å². The molecule has 0 aromatic rings. The van der Waals surface area contributed by atoms with E-state index in [-0.39, 0.29) is 19.4 Å². The Morgan fingerprint density at radius 3 is 1.43 bits per heavy atom. The van der Waals surface area contributed by atoms with Crippen LogP contribution in [0, 0.1) is 0 Å². The standard InChI is InChI=1S/C6H10O3.C5H10O3.C3H6O3/c1-3-5(7)9-6(8)4-2;1-2-3-4-8-5(6)7;1-2-6-3(4)5/h3-4H2,1-2H3;2-4H2,1H3,(H,6,7);2H2,1H3,(H,4,5). The van der Waals surface area contributed by atoms with Gasteiger partial charge in [0.2, 0.25) is 0 Å². The molecule has 0 aliphatic carbocycles. The van der Waals surface area contributed by atoms with Gasteiger partial charge in [0.1, 0.15) is 0 Å². The second kappa shape index (κ2) is 19.7. The van der Waals surface area contributed by atoms with Crippen LogP contribution in [0.25, 0.3) is 0 Å². The molecule has 0 aromatic carbocycles. The first-order chi connectivity index (χ1) is 10.7. The highest BCUT2D eigenvalue weighted by molar-refractivity contribution is 5.84. The lowest BCUT2D eigenvalue weighted by Crippen LogP contribution is -2.09. The molecule has 23 heavy (non-hydrogen) atoms. The minimum absolute atomic E-state index is 0.231. The molecule has 0 atom stereocenters. The van der Waals surface area contributed by atoms with Crippen molar-refractivity contribution in [2.24, 2.45) is 0 Å². The number of ether oxygens (including phenoxy) is 3. The van der Waals surface area contributed by atoms with Crippen LogP contribution in [0.2, 0.25) is 0 Å².